The van der Waals surface area contributed by atoms with Crippen molar-refractivity contribution in [2.75, 3.05) is 13.1 Å². The zero-order valence-electron chi connectivity index (χ0n) is 7.98. The lowest BCUT2D eigenvalue weighted by Gasteiger charge is -2.13. The summed E-state index contributed by atoms with van der Waals surface area (Å²) in [7, 11) is 2.03. The predicted octanol–water partition coefficient (Wildman–Crippen LogP) is 0.592. The van der Waals surface area contributed by atoms with Crippen molar-refractivity contribution in [2.45, 2.75) is 19.1 Å². The van der Waals surface area contributed by atoms with E-state index in [0.29, 0.717) is 0 Å². The minimum absolute atomic E-state index is 0.108. The third-order valence-corrected chi connectivity index (χ3v) is 2.55. The smallest absolute Gasteiger partial charge is 0.0679 e. The Morgan fingerprint density at radius 3 is 3.00 bits per heavy atom. The van der Waals surface area contributed by atoms with Crippen molar-refractivity contribution in [1.82, 2.24) is 9.47 Å². The summed E-state index contributed by atoms with van der Waals surface area (Å²) in [5.74, 6) is 0. The third-order valence-electron chi connectivity index (χ3n) is 2.55. The highest BCUT2D eigenvalue weighted by atomic mass is 16.3. The van der Waals surface area contributed by atoms with Gasteiger partial charge >= 0.3 is 0 Å². The van der Waals surface area contributed by atoms with Crippen molar-refractivity contribution in [3.05, 3.63) is 24.0 Å². The second-order valence-electron chi connectivity index (χ2n) is 3.86. The van der Waals surface area contributed by atoms with E-state index >= 15 is 0 Å². The Morgan fingerprint density at radius 1 is 1.62 bits per heavy atom. The Hall–Kier alpha value is -0.800. The van der Waals surface area contributed by atoms with Crippen LogP contribution >= 0.6 is 0 Å². The maximum atomic E-state index is 9.34. The predicted molar refractivity (Wildman–Crippen MR) is 51.3 cm³/mol. The minimum Gasteiger partial charge on any atom is -0.392 e. The number of likely N-dealkylation sites (tertiary alicyclic amines) is 1. The summed E-state index contributed by atoms with van der Waals surface area (Å²) in [6.45, 7) is 2.82. The molecular weight excluding hydrogens is 164 g/mol. The van der Waals surface area contributed by atoms with Crippen molar-refractivity contribution in [3.63, 3.8) is 0 Å². The molecule has 3 heteroatoms. The van der Waals surface area contributed by atoms with Crippen LogP contribution in [0.3, 0.4) is 0 Å². The van der Waals surface area contributed by atoms with Gasteiger partial charge in [-0.25, -0.2) is 0 Å². The first-order chi connectivity index (χ1) is 6.24. The quantitative estimate of drug-likeness (QED) is 0.721. The van der Waals surface area contributed by atoms with Crippen LogP contribution < -0.4 is 0 Å². The number of hydrogen-bond donors (Lipinski definition) is 1. The van der Waals surface area contributed by atoms with Crippen molar-refractivity contribution >= 4 is 0 Å². The Bertz CT molecular complexity index is 282. The van der Waals surface area contributed by atoms with Crippen molar-refractivity contribution in [2.24, 2.45) is 7.05 Å². The van der Waals surface area contributed by atoms with E-state index in [1.165, 1.54) is 5.56 Å². The fraction of sp³-hybridized carbons (Fsp3) is 0.600. The molecule has 0 saturated carbocycles. The van der Waals surface area contributed by atoms with Gasteiger partial charge in [0.2, 0.25) is 0 Å². The summed E-state index contributed by atoms with van der Waals surface area (Å²) in [4.78, 5) is 2.29. The van der Waals surface area contributed by atoms with Gasteiger partial charge in [0.1, 0.15) is 0 Å². The molecule has 3 nitrogen and oxygen atoms in total. The van der Waals surface area contributed by atoms with E-state index < -0.39 is 0 Å². The van der Waals surface area contributed by atoms with E-state index in [9.17, 15) is 5.11 Å². The highest BCUT2D eigenvalue weighted by Gasteiger charge is 2.19. The third kappa shape index (κ3) is 2.11. The molecule has 13 heavy (non-hydrogen) atoms. The first kappa shape index (κ1) is 8.78. The van der Waals surface area contributed by atoms with Gasteiger partial charge in [0.15, 0.2) is 0 Å². The molecule has 1 saturated heterocycles. The largest absolute Gasteiger partial charge is 0.392 e. The number of β-amino-alcohol motifs (C(OH)–C–C–N with tert-alkyl or cyclic N) is 1. The first-order valence-corrected chi connectivity index (χ1v) is 4.75. The molecule has 1 aliphatic rings. The molecule has 0 bridgehead atoms. The molecule has 1 atom stereocenters. The van der Waals surface area contributed by atoms with E-state index in [4.69, 9.17) is 0 Å². The van der Waals surface area contributed by atoms with Gasteiger partial charge in [0.05, 0.1) is 6.10 Å². The topological polar surface area (TPSA) is 28.4 Å². The first-order valence-electron chi connectivity index (χ1n) is 4.75. The van der Waals surface area contributed by atoms with Crippen LogP contribution in [0.2, 0.25) is 0 Å². The molecule has 1 aliphatic heterocycles. The van der Waals surface area contributed by atoms with Crippen molar-refractivity contribution < 1.29 is 5.11 Å². The second-order valence-corrected chi connectivity index (χ2v) is 3.86. The highest BCUT2D eigenvalue weighted by Crippen LogP contribution is 2.12. The summed E-state index contributed by atoms with van der Waals surface area (Å²) < 4.78 is 2.06. The van der Waals surface area contributed by atoms with Crippen LogP contribution in [0.15, 0.2) is 18.5 Å². The summed E-state index contributed by atoms with van der Waals surface area (Å²) in [5, 5.41) is 9.34. The lowest BCUT2D eigenvalue weighted by Crippen LogP contribution is -2.21. The van der Waals surface area contributed by atoms with Crippen LogP contribution in [0.1, 0.15) is 12.0 Å². The van der Waals surface area contributed by atoms with Crippen LogP contribution in [0, 0.1) is 0 Å². The maximum Gasteiger partial charge on any atom is 0.0679 e. The molecule has 0 unspecified atom stereocenters. The SMILES string of the molecule is Cn1ccc(CN2CC[C@H](O)C2)c1. The van der Waals surface area contributed by atoms with Crippen molar-refractivity contribution in [3.8, 4) is 0 Å². The van der Waals surface area contributed by atoms with Crippen LogP contribution in [0.4, 0.5) is 0 Å². The maximum absolute atomic E-state index is 9.34. The number of nitrogens with zero attached hydrogens (tertiary/aromatic N) is 2. The number of rotatable bonds is 2. The summed E-state index contributed by atoms with van der Waals surface area (Å²) in [5.41, 5.74) is 1.33. The number of aromatic nitrogens is 1. The Balaban J connectivity index is 1.91. The summed E-state index contributed by atoms with van der Waals surface area (Å²) in [6.07, 6.45) is 5.00. The average Bonchev–Trinajstić information content (AvgIpc) is 2.62. The van der Waals surface area contributed by atoms with E-state index in [-0.39, 0.29) is 6.10 Å². The molecule has 1 aromatic rings. The van der Waals surface area contributed by atoms with Gasteiger partial charge in [-0.05, 0) is 18.1 Å². The fourth-order valence-electron chi connectivity index (χ4n) is 1.87. The molecular formula is C10H16N2O. The molecule has 1 N–H and O–H groups in total. The van der Waals surface area contributed by atoms with E-state index in [1.807, 2.05) is 7.05 Å². The summed E-state index contributed by atoms with van der Waals surface area (Å²) >= 11 is 0. The van der Waals surface area contributed by atoms with Gasteiger partial charge in [-0.2, -0.15) is 0 Å². The molecule has 1 fully saturated rings. The highest BCUT2D eigenvalue weighted by molar-refractivity contribution is 5.09. The number of aliphatic hydroxyl groups is 1. The summed E-state index contributed by atoms with van der Waals surface area (Å²) in [6, 6.07) is 2.13. The van der Waals surface area contributed by atoms with Gasteiger partial charge in [-0.3, -0.25) is 4.90 Å². The molecule has 2 rings (SSSR count). The number of aliphatic hydroxyl groups excluding tert-OH is 1. The molecule has 0 aliphatic carbocycles. The molecule has 0 aromatic carbocycles. The molecule has 1 aromatic heterocycles. The number of hydrogen-bond acceptors (Lipinski definition) is 2. The van der Waals surface area contributed by atoms with Gasteiger partial charge in [0.25, 0.3) is 0 Å². The standard InChI is InChI=1S/C10H16N2O/c1-11-4-2-9(6-11)7-12-5-3-10(13)8-12/h2,4,6,10,13H,3,5,7-8H2,1H3/t10-/m0/s1. The average molecular weight is 180 g/mol. The molecule has 0 amide bonds. The van der Waals surface area contributed by atoms with Crippen molar-refractivity contribution in [1.29, 1.82) is 0 Å². The van der Waals surface area contributed by atoms with Gasteiger partial charge in [-0.1, -0.05) is 0 Å². The monoisotopic (exact) mass is 180 g/mol. The molecule has 72 valence electrons. The minimum atomic E-state index is -0.108. The van der Waals surface area contributed by atoms with E-state index in [1.54, 1.807) is 0 Å². The Kier molecular flexibility index (Phi) is 2.38. The Morgan fingerprint density at radius 2 is 2.46 bits per heavy atom. The molecule has 0 radical (unpaired) electrons. The van der Waals surface area contributed by atoms with E-state index in [0.717, 1.165) is 26.1 Å². The Labute approximate surface area is 78.6 Å². The zero-order chi connectivity index (χ0) is 9.26. The normalized spacial score (nSPS) is 24.0. The molecule has 2 heterocycles. The lowest BCUT2D eigenvalue weighted by molar-refractivity contribution is 0.175. The van der Waals surface area contributed by atoms with E-state index in [2.05, 4.69) is 27.9 Å². The van der Waals surface area contributed by atoms with Gasteiger partial charge in [-0.15, -0.1) is 0 Å². The van der Waals surface area contributed by atoms with Crippen LogP contribution in [0.5, 0.6) is 0 Å². The van der Waals surface area contributed by atoms with Crippen LogP contribution in [-0.4, -0.2) is 33.8 Å². The molecule has 0 spiro atoms. The van der Waals surface area contributed by atoms with Crippen LogP contribution in [0.25, 0.3) is 0 Å². The second kappa shape index (κ2) is 3.52. The lowest BCUT2D eigenvalue weighted by atomic mass is 10.3. The zero-order valence-corrected chi connectivity index (χ0v) is 7.98. The fourth-order valence-corrected chi connectivity index (χ4v) is 1.87. The van der Waals surface area contributed by atoms with Crippen LogP contribution in [-0.2, 0) is 13.6 Å². The van der Waals surface area contributed by atoms with Gasteiger partial charge in [0, 0.05) is 39.1 Å². The number of aryl methyl sites for hydroxylation is 1. The van der Waals surface area contributed by atoms with Gasteiger partial charge < -0.3 is 9.67 Å².